The summed E-state index contributed by atoms with van der Waals surface area (Å²) in [5.41, 5.74) is 0. The third-order valence-electron chi connectivity index (χ3n) is 3.54. The maximum Gasteiger partial charge on any atom is 0.0639 e. The van der Waals surface area contributed by atoms with Gasteiger partial charge in [0.1, 0.15) is 0 Å². The summed E-state index contributed by atoms with van der Waals surface area (Å²) in [7, 11) is 0. The Kier molecular flexibility index (Phi) is 4.28. The van der Waals surface area contributed by atoms with Gasteiger partial charge in [-0.15, -0.1) is 23.5 Å². The van der Waals surface area contributed by atoms with Crippen molar-refractivity contribution in [3.63, 3.8) is 0 Å². The number of thioether (sulfide) groups is 2. The molecule has 1 aliphatic carbocycles. The van der Waals surface area contributed by atoms with Gasteiger partial charge in [-0.05, 0) is 43.1 Å². The first-order valence-electron chi connectivity index (χ1n) is 6.02. The maximum atomic E-state index is 8.72. The van der Waals surface area contributed by atoms with Gasteiger partial charge in [0.2, 0.25) is 0 Å². The van der Waals surface area contributed by atoms with Crippen LogP contribution < -0.4 is 0 Å². The highest BCUT2D eigenvalue weighted by atomic mass is 32.2. The number of hydrogen-bond donors (Lipinski definition) is 0. The van der Waals surface area contributed by atoms with E-state index in [1.165, 1.54) is 43.6 Å². The molecule has 2 aliphatic rings. The Morgan fingerprint density at radius 2 is 2.00 bits per heavy atom. The molecule has 84 valence electrons. The highest BCUT2D eigenvalue weighted by Gasteiger charge is 2.42. The van der Waals surface area contributed by atoms with Gasteiger partial charge in [-0.25, -0.2) is 0 Å². The van der Waals surface area contributed by atoms with Crippen molar-refractivity contribution >= 4 is 23.5 Å². The Morgan fingerprint density at radius 3 is 2.73 bits per heavy atom. The van der Waals surface area contributed by atoms with Gasteiger partial charge < -0.3 is 0 Å². The zero-order valence-electron chi connectivity index (χ0n) is 9.21. The Labute approximate surface area is 101 Å². The molecule has 1 nitrogen and oxygen atoms in total. The molecule has 0 amide bonds. The quantitative estimate of drug-likeness (QED) is 0.729. The van der Waals surface area contributed by atoms with Gasteiger partial charge in [0, 0.05) is 6.42 Å². The Hall–Kier alpha value is 0.190. The van der Waals surface area contributed by atoms with Crippen LogP contribution in [0.5, 0.6) is 0 Å². The van der Waals surface area contributed by atoms with Gasteiger partial charge in [0.15, 0.2) is 0 Å². The van der Waals surface area contributed by atoms with E-state index in [0.29, 0.717) is 4.08 Å². The number of hydrogen-bond acceptors (Lipinski definition) is 3. The lowest BCUT2D eigenvalue weighted by molar-refractivity contribution is 0.330. The molecule has 1 unspecified atom stereocenters. The standard InChI is InChI=1S/C12H19NS2/c13-8-3-6-11-5-1-2-7-12(11)14-9-4-10-15-12/h11H,1-7,9-10H2. The Bertz CT molecular complexity index is 232. The van der Waals surface area contributed by atoms with Crippen LogP contribution in [0.25, 0.3) is 0 Å². The summed E-state index contributed by atoms with van der Waals surface area (Å²) >= 11 is 4.40. The minimum Gasteiger partial charge on any atom is -0.198 e. The van der Waals surface area contributed by atoms with Crippen LogP contribution in [0.15, 0.2) is 0 Å². The molecular weight excluding hydrogens is 222 g/mol. The summed E-state index contributed by atoms with van der Waals surface area (Å²) in [6, 6.07) is 2.32. The lowest BCUT2D eigenvalue weighted by Crippen LogP contribution is -2.37. The number of rotatable bonds is 2. The molecule has 0 N–H and O–H groups in total. The molecule has 0 aromatic heterocycles. The molecule has 1 heterocycles. The Morgan fingerprint density at radius 1 is 1.20 bits per heavy atom. The van der Waals surface area contributed by atoms with Crippen molar-refractivity contribution in [3.8, 4) is 6.07 Å². The predicted molar refractivity (Wildman–Crippen MR) is 69.1 cm³/mol. The molecule has 2 fully saturated rings. The number of nitriles is 1. The van der Waals surface area contributed by atoms with Crippen molar-refractivity contribution in [2.75, 3.05) is 11.5 Å². The first-order chi connectivity index (χ1) is 7.37. The van der Waals surface area contributed by atoms with E-state index < -0.39 is 0 Å². The van der Waals surface area contributed by atoms with Crippen molar-refractivity contribution in [2.45, 2.75) is 49.0 Å². The normalized spacial score (nSPS) is 29.9. The molecule has 2 rings (SSSR count). The predicted octanol–water partition coefficient (Wildman–Crippen LogP) is 4.05. The summed E-state index contributed by atoms with van der Waals surface area (Å²) < 4.78 is 0.507. The molecule has 1 saturated carbocycles. The Balaban J connectivity index is 2.00. The second kappa shape index (κ2) is 5.50. The zero-order valence-corrected chi connectivity index (χ0v) is 10.8. The van der Waals surface area contributed by atoms with Crippen molar-refractivity contribution in [1.82, 2.24) is 0 Å². The molecular formula is C12H19NS2. The van der Waals surface area contributed by atoms with E-state index in [1.54, 1.807) is 0 Å². The fraction of sp³-hybridized carbons (Fsp3) is 0.917. The summed E-state index contributed by atoms with van der Waals surface area (Å²) in [6.45, 7) is 0. The third kappa shape index (κ3) is 2.65. The molecule has 15 heavy (non-hydrogen) atoms. The molecule has 1 spiro atoms. The summed E-state index contributed by atoms with van der Waals surface area (Å²) in [6.07, 6.45) is 8.81. The van der Waals surface area contributed by atoms with Crippen LogP contribution in [0.1, 0.15) is 44.9 Å². The van der Waals surface area contributed by atoms with Crippen LogP contribution in [-0.2, 0) is 0 Å². The van der Waals surface area contributed by atoms with Crippen LogP contribution in [0.3, 0.4) is 0 Å². The topological polar surface area (TPSA) is 23.8 Å². The molecule has 0 radical (unpaired) electrons. The lowest BCUT2D eigenvalue weighted by Gasteiger charge is -2.45. The molecule has 1 saturated heterocycles. The van der Waals surface area contributed by atoms with E-state index in [0.717, 1.165) is 18.8 Å². The van der Waals surface area contributed by atoms with Crippen LogP contribution in [-0.4, -0.2) is 15.6 Å². The molecule has 0 aromatic carbocycles. The SMILES string of the molecule is N#CCCC1CCCCC12SCCCS2. The summed E-state index contributed by atoms with van der Waals surface area (Å²) in [5.74, 6) is 3.49. The van der Waals surface area contributed by atoms with Crippen molar-refractivity contribution < 1.29 is 0 Å². The first kappa shape index (κ1) is 11.7. The van der Waals surface area contributed by atoms with Crippen molar-refractivity contribution in [3.05, 3.63) is 0 Å². The second-order valence-electron chi connectivity index (χ2n) is 4.50. The average molecular weight is 241 g/mol. The van der Waals surface area contributed by atoms with E-state index in [4.69, 9.17) is 5.26 Å². The van der Waals surface area contributed by atoms with Gasteiger partial charge in [0.05, 0.1) is 10.1 Å². The highest BCUT2D eigenvalue weighted by molar-refractivity contribution is 8.18. The summed E-state index contributed by atoms with van der Waals surface area (Å²) in [4.78, 5) is 0. The minimum atomic E-state index is 0.507. The van der Waals surface area contributed by atoms with E-state index >= 15 is 0 Å². The highest BCUT2D eigenvalue weighted by Crippen LogP contribution is 2.55. The molecule has 1 aliphatic heterocycles. The smallest absolute Gasteiger partial charge is 0.0639 e. The first-order valence-corrected chi connectivity index (χ1v) is 7.99. The second-order valence-corrected chi connectivity index (χ2v) is 7.61. The molecule has 0 bridgehead atoms. The van der Waals surface area contributed by atoms with Gasteiger partial charge in [-0.3, -0.25) is 0 Å². The van der Waals surface area contributed by atoms with Crippen molar-refractivity contribution in [2.24, 2.45) is 5.92 Å². The van der Waals surface area contributed by atoms with Gasteiger partial charge in [-0.1, -0.05) is 12.8 Å². The minimum absolute atomic E-state index is 0.507. The van der Waals surface area contributed by atoms with Crippen LogP contribution in [0, 0.1) is 17.2 Å². The maximum absolute atomic E-state index is 8.72. The average Bonchev–Trinajstić information content (AvgIpc) is 2.29. The van der Waals surface area contributed by atoms with Gasteiger partial charge in [-0.2, -0.15) is 5.26 Å². The van der Waals surface area contributed by atoms with E-state index in [-0.39, 0.29) is 0 Å². The lowest BCUT2D eigenvalue weighted by atomic mass is 9.85. The summed E-state index contributed by atoms with van der Waals surface area (Å²) in [5, 5.41) is 8.72. The van der Waals surface area contributed by atoms with Crippen LogP contribution in [0.4, 0.5) is 0 Å². The van der Waals surface area contributed by atoms with E-state index in [9.17, 15) is 0 Å². The molecule has 1 atom stereocenters. The van der Waals surface area contributed by atoms with Crippen LogP contribution in [0.2, 0.25) is 0 Å². The van der Waals surface area contributed by atoms with E-state index in [1.807, 2.05) is 0 Å². The van der Waals surface area contributed by atoms with Gasteiger partial charge >= 0.3 is 0 Å². The monoisotopic (exact) mass is 241 g/mol. The fourth-order valence-corrected chi connectivity index (χ4v) is 6.56. The number of nitrogens with zero attached hydrogens (tertiary/aromatic N) is 1. The van der Waals surface area contributed by atoms with Crippen molar-refractivity contribution in [1.29, 1.82) is 5.26 Å². The molecule has 0 aromatic rings. The van der Waals surface area contributed by atoms with E-state index in [2.05, 4.69) is 29.6 Å². The third-order valence-corrected chi connectivity index (χ3v) is 7.28. The van der Waals surface area contributed by atoms with Crippen LogP contribution >= 0.6 is 23.5 Å². The zero-order chi connectivity index (χ0) is 10.6. The fourth-order valence-electron chi connectivity index (χ4n) is 2.76. The van der Waals surface area contributed by atoms with Gasteiger partial charge in [0.25, 0.3) is 0 Å². The molecule has 3 heteroatoms. The largest absolute Gasteiger partial charge is 0.198 e.